The van der Waals surface area contributed by atoms with Gasteiger partial charge in [0, 0.05) is 25.3 Å². The van der Waals surface area contributed by atoms with Crippen LogP contribution in [0.5, 0.6) is 0 Å². The standard InChI is InChI=1S/C14H25ClN4O/c1-5-19(6-2)9-11(4)16-13-8-12(15)17-14(18-13)10-20-7-3/h8,11H,5-7,9-10H2,1-4H3,(H,16,17,18). The molecule has 0 aromatic carbocycles. The van der Waals surface area contributed by atoms with E-state index in [1.165, 1.54) is 0 Å². The zero-order valence-electron chi connectivity index (χ0n) is 12.8. The maximum Gasteiger partial charge on any atom is 0.158 e. The third kappa shape index (κ3) is 6.03. The molecule has 1 aromatic heterocycles. The summed E-state index contributed by atoms with van der Waals surface area (Å²) in [6, 6.07) is 2.04. The largest absolute Gasteiger partial charge is 0.374 e. The fourth-order valence-corrected chi connectivity index (χ4v) is 2.16. The van der Waals surface area contributed by atoms with Gasteiger partial charge in [0.05, 0.1) is 0 Å². The van der Waals surface area contributed by atoms with Crippen molar-refractivity contribution >= 4 is 17.4 Å². The van der Waals surface area contributed by atoms with E-state index in [4.69, 9.17) is 16.3 Å². The summed E-state index contributed by atoms with van der Waals surface area (Å²) in [5, 5.41) is 3.80. The first-order chi connectivity index (χ1) is 9.58. The fourth-order valence-electron chi connectivity index (χ4n) is 1.96. The van der Waals surface area contributed by atoms with Crippen molar-refractivity contribution in [2.45, 2.75) is 40.3 Å². The number of hydrogen-bond acceptors (Lipinski definition) is 5. The summed E-state index contributed by atoms with van der Waals surface area (Å²) in [6.07, 6.45) is 0. The van der Waals surface area contributed by atoms with Gasteiger partial charge >= 0.3 is 0 Å². The molecule has 1 N–H and O–H groups in total. The van der Waals surface area contributed by atoms with Crippen LogP contribution in [0.25, 0.3) is 0 Å². The van der Waals surface area contributed by atoms with Crippen molar-refractivity contribution in [3.63, 3.8) is 0 Å². The highest BCUT2D eigenvalue weighted by molar-refractivity contribution is 6.29. The molecule has 0 amide bonds. The lowest BCUT2D eigenvalue weighted by Gasteiger charge is -2.23. The molecule has 0 saturated carbocycles. The molecule has 0 aliphatic carbocycles. The Morgan fingerprint density at radius 2 is 2.00 bits per heavy atom. The predicted octanol–water partition coefficient (Wildman–Crippen LogP) is 2.81. The number of nitrogens with zero attached hydrogens (tertiary/aromatic N) is 3. The number of likely N-dealkylation sites (N-methyl/N-ethyl adjacent to an activating group) is 1. The van der Waals surface area contributed by atoms with E-state index in [1.54, 1.807) is 6.07 Å². The van der Waals surface area contributed by atoms with Crippen molar-refractivity contribution in [3.05, 3.63) is 17.0 Å². The quantitative estimate of drug-likeness (QED) is 0.711. The van der Waals surface area contributed by atoms with Crippen LogP contribution in [0.1, 0.15) is 33.5 Å². The summed E-state index contributed by atoms with van der Waals surface area (Å²) in [5.41, 5.74) is 0. The number of anilines is 1. The Bertz CT molecular complexity index is 399. The minimum absolute atomic E-state index is 0.292. The van der Waals surface area contributed by atoms with Gasteiger partial charge in [0.2, 0.25) is 0 Å². The molecule has 5 nitrogen and oxygen atoms in total. The van der Waals surface area contributed by atoms with Gasteiger partial charge in [-0.15, -0.1) is 0 Å². The topological polar surface area (TPSA) is 50.3 Å². The van der Waals surface area contributed by atoms with E-state index < -0.39 is 0 Å². The van der Waals surface area contributed by atoms with Crippen molar-refractivity contribution in [2.24, 2.45) is 0 Å². The number of rotatable bonds is 9. The molecule has 6 heteroatoms. The minimum atomic E-state index is 0.292. The number of aromatic nitrogens is 2. The van der Waals surface area contributed by atoms with Gasteiger partial charge in [-0.25, -0.2) is 9.97 Å². The number of hydrogen-bond donors (Lipinski definition) is 1. The second-order valence-corrected chi connectivity index (χ2v) is 5.05. The Labute approximate surface area is 126 Å². The van der Waals surface area contributed by atoms with E-state index in [1.807, 2.05) is 6.92 Å². The molecule has 0 bridgehead atoms. The van der Waals surface area contributed by atoms with E-state index in [-0.39, 0.29) is 0 Å². The smallest absolute Gasteiger partial charge is 0.158 e. The van der Waals surface area contributed by atoms with Crippen LogP contribution in [0.2, 0.25) is 5.15 Å². The molecule has 20 heavy (non-hydrogen) atoms. The average molecular weight is 301 g/mol. The summed E-state index contributed by atoms with van der Waals surface area (Å²) in [5.74, 6) is 1.36. The van der Waals surface area contributed by atoms with Crippen molar-refractivity contribution in [1.29, 1.82) is 0 Å². The third-order valence-electron chi connectivity index (χ3n) is 3.00. The molecular weight excluding hydrogens is 276 g/mol. The van der Waals surface area contributed by atoms with Gasteiger partial charge in [0.25, 0.3) is 0 Å². The lowest BCUT2D eigenvalue weighted by atomic mass is 10.3. The fraction of sp³-hybridized carbons (Fsp3) is 0.714. The van der Waals surface area contributed by atoms with E-state index in [0.29, 0.717) is 30.2 Å². The first-order valence-corrected chi connectivity index (χ1v) is 7.56. The molecule has 1 atom stereocenters. The third-order valence-corrected chi connectivity index (χ3v) is 3.19. The first kappa shape index (κ1) is 17.1. The average Bonchev–Trinajstić information content (AvgIpc) is 2.41. The molecule has 1 unspecified atom stereocenters. The molecule has 0 saturated heterocycles. The van der Waals surface area contributed by atoms with Crippen LogP contribution in [-0.4, -0.2) is 47.2 Å². The summed E-state index contributed by atoms with van der Waals surface area (Å²) in [4.78, 5) is 10.9. The van der Waals surface area contributed by atoms with Crippen LogP contribution >= 0.6 is 11.6 Å². The zero-order valence-corrected chi connectivity index (χ0v) is 13.6. The van der Waals surface area contributed by atoms with Gasteiger partial charge in [-0.2, -0.15) is 0 Å². The maximum absolute atomic E-state index is 6.02. The van der Waals surface area contributed by atoms with Crippen LogP contribution in [-0.2, 0) is 11.3 Å². The van der Waals surface area contributed by atoms with Gasteiger partial charge in [0.15, 0.2) is 5.82 Å². The zero-order chi connectivity index (χ0) is 15.0. The second kappa shape index (κ2) is 9.10. The Balaban J connectivity index is 2.64. The van der Waals surface area contributed by atoms with Crippen LogP contribution in [0.15, 0.2) is 6.07 Å². The van der Waals surface area contributed by atoms with Crippen molar-refractivity contribution in [3.8, 4) is 0 Å². The Hall–Kier alpha value is -0.910. The predicted molar refractivity (Wildman–Crippen MR) is 83.2 cm³/mol. The molecule has 0 aliphatic rings. The lowest BCUT2D eigenvalue weighted by molar-refractivity contribution is 0.128. The number of nitrogens with one attached hydrogen (secondary N) is 1. The summed E-state index contributed by atoms with van der Waals surface area (Å²) < 4.78 is 5.31. The summed E-state index contributed by atoms with van der Waals surface area (Å²) in [7, 11) is 0. The van der Waals surface area contributed by atoms with Crippen LogP contribution in [0.3, 0.4) is 0 Å². The van der Waals surface area contributed by atoms with Gasteiger partial charge in [0.1, 0.15) is 17.6 Å². The molecule has 0 fully saturated rings. The number of halogens is 1. The molecule has 1 heterocycles. The van der Waals surface area contributed by atoms with Gasteiger partial charge in [-0.05, 0) is 26.9 Å². The van der Waals surface area contributed by atoms with E-state index in [2.05, 4.69) is 41.0 Å². The SMILES string of the molecule is CCOCc1nc(Cl)cc(NC(C)CN(CC)CC)n1. The highest BCUT2D eigenvalue weighted by Gasteiger charge is 2.09. The Morgan fingerprint density at radius 1 is 1.30 bits per heavy atom. The first-order valence-electron chi connectivity index (χ1n) is 7.19. The van der Waals surface area contributed by atoms with Gasteiger partial charge in [-0.3, -0.25) is 0 Å². The van der Waals surface area contributed by atoms with E-state index >= 15 is 0 Å². The van der Waals surface area contributed by atoms with Crippen molar-refractivity contribution in [2.75, 3.05) is 31.6 Å². The van der Waals surface area contributed by atoms with E-state index in [9.17, 15) is 0 Å². The molecular formula is C14H25ClN4O. The van der Waals surface area contributed by atoms with Gasteiger partial charge < -0.3 is 15.0 Å². The summed E-state index contributed by atoms with van der Waals surface area (Å²) >= 11 is 6.02. The molecule has 1 rings (SSSR count). The maximum atomic E-state index is 6.02. The normalized spacial score (nSPS) is 12.7. The molecule has 0 radical (unpaired) electrons. The van der Waals surface area contributed by atoms with Crippen molar-refractivity contribution in [1.82, 2.24) is 14.9 Å². The minimum Gasteiger partial charge on any atom is -0.374 e. The Morgan fingerprint density at radius 3 is 2.60 bits per heavy atom. The highest BCUT2D eigenvalue weighted by Crippen LogP contribution is 2.13. The molecule has 1 aromatic rings. The van der Waals surface area contributed by atoms with Crippen LogP contribution < -0.4 is 5.32 Å². The van der Waals surface area contributed by atoms with E-state index in [0.717, 1.165) is 25.5 Å². The second-order valence-electron chi connectivity index (χ2n) is 4.66. The molecule has 0 aliphatic heterocycles. The highest BCUT2D eigenvalue weighted by atomic mass is 35.5. The molecule has 0 spiro atoms. The van der Waals surface area contributed by atoms with Gasteiger partial charge in [-0.1, -0.05) is 25.4 Å². The monoisotopic (exact) mass is 300 g/mol. The molecule has 114 valence electrons. The number of ether oxygens (including phenoxy) is 1. The van der Waals surface area contributed by atoms with Crippen LogP contribution in [0, 0.1) is 0 Å². The summed E-state index contributed by atoms with van der Waals surface area (Å²) in [6.45, 7) is 12.5. The lowest BCUT2D eigenvalue weighted by Crippen LogP contribution is -2.35. The van der Waals surface area contributed by atoms with Crippen LogP contribution in [0.4, 0.5) is 5.82 Å². The Kier molecular flexibility index (Phi) is 7.80. The van der Waals surface area contributed by atoms with Crippen molar-refractivity contribution < 1.29 is 4.74 Å².